The van der Waals surface area contributed by atoms with Gasteiger partial charge in [0.05, 0.1) is 11.4 Å². The van der Waals surface area contributed by atoms with Crippen molar-refractivity contribution >= 4 is 22.5 Å². The van der Waals surface area contributed by atoms with E-state index in [1.807, 2.05) is 0 Å². The van der Waals surface area contributed by atoms with Gasteiger partial charge in [-0.2, -0.15) is 0 Å². The Balaban J connectivity index is 2.03. The Morgan fingerprint density at radius 2 is 1.22 bits per heavy atom. The Morgan fingerprint density at radius 3 is 1.85 bits per heavy atom. The van der Waals surface area contributed by atoms with Crippen LogP contribution in [0.4, 0.5) is 5.69 Å². The highest BCUT2D eigenvalue weighted by molar-refractivity contribution is 6.13. The highest BCUT2D eigenvalue weighted by Gasteiger charge is 2.28. The van der Waals surface area contributed by atoms with Crippen LogP contribution in [-0.2, 0) is 0 Å². The lowest BCUT2D eigenvalue weighted by atomic mass is 9.76. The van der Waals surface area contributed by atoms with E-state index in [-0.39, 0.29) is 5.41 Å². The number of hydrogen-bond acceptors (Lipinski definition) is 1. The first kappa shape index (κ1) is 17.5. The van der Waals surface area contributed by atoms with Gasteiger partial charge < -0.3 is 0 Å². The molecule has 1 aliphatic rings. The number of benzene rings is 3. The number of para-hydroxylation sites is 1. The lowest BCUT2D eigenvalue weighted by Gasteiger charge is -2.27. The third kappa shape index (κ3) is 3.50. The van der Waals surface area contributed by atoms with Gasteiger partial charge in [0.25, 0.3) is 0 Å². The molecule has 0 aliphatic carbocycles. The summed E-state index contributed by atoms with van der Waals surface area (Å²) in [5.74, 6) is 0. The first-order valence-electron chi connectivity index (χ1n) is 9.55. The molecule has 0 saturated carbocycles. The quantitative estimate of drug-likeness (QED) is 0.464. The molecule has 1 heterocycles. The van der Waals surface area contributed by atoms with Gasteiger partial charge in [-0.25, -0.2) is 0 Å². The van der Waals surface area contributed by atoms with Gasteiger partial charge in [0.15, 0.2) is 0 Å². The van der Waals surface area contributed by atoms with Crippen LogP contribution in [0.1, 0.15) is 43.9 Å². The van der Waals surface area contributed by atoms with Gasteiger partial charge in [-0.05, 0) is 33.8 Å². The molecule has 1 heteroatoms. The van der Waals surface area contributed by atoms with Crippen molar-refractivity contribution in [3.05, 3.63) is 102 Å². The van der Waals surface area contributed by atoms with Crippen LogP contribution in [0.15, 0.2) is 89.9 Å². The molecule has 0 fully saturated rings. The van der Waals surface area contributed by atoms with Crippen LogP contribution in [0.5, 0.6) is 0 Å². The first-order valence-corrected chi connectivity index (χ1v) is 9.55. The third-order valence-corrected chi connectivity index (χ3v) is 5.05. The Kier molecular flexibility index (Phi) is 4.53. The zero-order chi connectivity index (χ0) is 18.9. The molecule has 0 aromatic heterocycles. The average Bonchev–Trinajstić information content (AvgIpc) is 2.86. The predicted octanol–water partition coefficient (Wildman–Crippen LogP) is 7.17. The zero-order valence-corrected chi connectivity index (χ0v) is 16.2. The normalized spacial score (nSPS) is 14.4. The second-order valence-corrected chi connectivity index (χ2v) is 8.09. The van der Waals surface area contributed by atoms with Crippen molar-refractivity contribution in [1.29, 1.82) is 0 Å². The van der Waals surface area contributed by atoms with Crippen molar-refractivity contribution in [1.82, 2.24) is 0 Å². The van der Waals surface area contributed by atoms with E-state index in [4.69, 9.17) is 4.99 Å². The van der Waals surface area contributed by atoms with E-state index in [1.165, 1.54) is 27.8 Å². The van der Waals surface area contributed by atoms with Crippen LogP contribution in [0.25, 0.3) is 11.1 Å². The minimum absolute atomic E-state index is 0.0168. The van der Waals surface area contributed by atoms with Gasteiger partial charge in [-0.15, -0.1) is 0 Å². The summed E-state index contributed by atoms with van der Waals surface area (Å²) in [7, 11) is 0. The van der Waals surface area contributed by atoms with Gasteiger partial charge in [0.1, 0.15) is 0 Å². The molecule has 1 nitrogen and oxygen atoms in total. The number of rotatable bonds is 2. The maximum absolute atomic E-state index is 5.12. The smallest absolute Gasteiger partial charge is 0.0708 e. The fourth-order valence-electron chi connectivity index (χ4n) is 3.93. The van der Waals surface area contributed by atoms with Crippen LogP contribution in [0.3, 0.4) is 0 Å². The molecule has 134 valence electrons. The molecule has 1 aliphatic heterocycles. The molecule has 3 aromatic carbocycles. The number of nitrogens with zero attached hydrogens (tertiary/aromatic N) is 1. The van der Waals surface area contributed by atoms with Crippen LogP contribution in [-0.4, -0.2) is 5.71 Å². The second-order valence-electron chi connectivity index (χ2n) is 8.09. The van der Waals surface area contributed by atoms with E-state index < -0.39 is 0 Å². The lowest BCUT2D eigenvalue weighted by molar-refractivity contribution is 0.568. The molecular formula is C26H25N. The highest BCUT2D eigenvalue weighted by atomic mass is 14.8. The standard InChI is InChI=1S/C26H25N/c1-26(2,3)25-21-16-10-11-17-23(21)27-24(20-14-8-5-9-15-20)18-22(25)19-12-6-4-7-13-19/h4-17H,18H2,1-3H3. The van der Waals surface area contributed by atoms with Crippen molar-refractivity contribution in [3.8, 4) is 0 Å². The summed E-state index contributed by atoms with van der Waals surface area (Å²) in [6.45, 7) is 6.90. The van der Waals surface area contributed by atoms with Crippen molar-refractivity contribution in [2.24, 2.45) is 10.4 Å². The number of allylic oxidation sites excluding steroid dienone is 2. The number of hydrogen-bond donors (Lipinski definition) is 0. The molecule has 0 radical (unpaired) electrons. The van der Waals surface area contributed by atoms with Crippen molar-refractivity contribution in [2.75, 3.05) is 0 Å². The Bertz CT molecular complexity index is 1000. The summed E-state index contributed by atoms with van der Waals surface area (Å²) in [4.78, 5) is 5.12. The molecule has 4 rings (SSSR count). The van der Waals surface area contributed by atoms with Gasteiger partial charge >= 0.3 is 0 Å². The highest BCUT2D eigenvalue weighted by Crippen LogP contribution is 2.46. The van der Waals surface area contributed by atoms with Crippen molar-refractivity contribution in [3.63, 3.8) is 0 Å². The number of fused-ring (bicyclic) bond motifs is 1. The fourth-order valence-corrected chi connectivity index (χ4v) is 3.93. The molecule has 3 aromatic rings. The van der Waals surface area contributed by atoms with Gasteiger partial charge in [-0.3, -0.25) is 4.99 Å². The molecule has 0 spiro atoms. The molecule has 0 unspecified atom stereocenters. The van der Waals surface area contributed by atoms with E-state index in [2.05, 4.69) is 106 Å². The topological polar surface area (TPSA) is 12.4 Å². The lowest BCUT2D eigenvalue weighted by Crippen LogP contribution is -2.12. The molecule has 0 amide bonds. The molecule has 0 bridgehead atoms. The average molecular weight is 351 g/mol. The van der Waals surface area contributed by atoms with Crippen LogP contribution in [0.2, 0.25) is 0 Å². The summed E-state index contributed by atoms with van der Waals surface area (Å²) in [5.41, 5.74) is 8.68. The zero-order valence-electron chi connectivity index (χ0n) is 16.2. The van der Waals surface area contributed by atoms with Crippen molar-refractivity contribution < 1.29 is 0 Å². The Morgan fingerprint density at radius 1 is 0.667 bits per heavy atom. The molecule has 0 saturated heterocycles. The van der Waals surface area contributed by atoms with Crippen LogP contribution in [0, 0.1) is 5.41 Å². The fraction of sp³-hybridized carbons (Fsp3) is 0.192. The number of aliphatic imine (C=N–C) groups is 1. The first-order chi connectivity index (χ1) is 13.0. The summed E-state index contributed by atoms with van der Waals surface area (Å²) < 4.78 is 0. The summed E-state index contributed by atoms with van der Waals surface area (Å²) in [6.07, 6.45) is 0.829. The van der Waals surface area contributed by atoms with Crippen LogP contribution < -0.4 is 0 Å². The van der Waals surface area contributed by atoms with E-state index in [0.29, 0.717) is 0 Å². The SMILES string of the molecule is CC(C)(C)C1=C(c2ccccc2)CC(c2ccccc2)=Nc2ccccc21. The third-order valence-electron chi connectivity index (χ3n) is 5.05. The second kappa shape index (κ2) is 7.00. The molecule has 0 atom stereocenters. The Hall–Kier alpha value is -2.93. The summed E-state index contributed by atoms with van der Waals surface area (Å²) in [5, 5.41) is 0. The van der Waals surface area contributed by atoms with E-state index >= 15 is 0 Å². The monoisotopic (exact) mass is 351 g/mol. The van der Waals surface area contributed by atoms with E-state index in [0.717, 1.165) is 17.8 Å². The minimum atomic E-state index is 0.0168. The van der Waals surface area contributed by atoms with Crippen LogP contribution >= 0.6 is 0 Å². The molecule has 0 N–H and O–H groups in total. The Labute approximate surface area is 162 Å². The van der Waals surface area contributed by atoms with E-state index in [9.17, 15) is 0 Å². The van der Waals surface area contributed by atoms with Gasteiger partial charge in [0.2, 0.25) is 0 Å². The van der Waals surface area contributed by atoms with Gasteiger partial charge in [0, 0.05) is 12.0 Å². The maximum atomic E-state index is 5.12. The largest absolute Gasteiger partial charge is 0.252 e. The van der Waals surface area contributed by atoms with Crippen molar-refractivity contribution in [2.45, 2.75) is 27.2 Å². The predicted molar refractivity (Wildman–Crippen MR) is 116 cm³/mol. The molecule has 27 heavy (non-hydrogen) atoms. The maximum Gasteiger partial charge on any atom is 0.0708 e. The minimum Gasteiger partial charge on any atom is -0.252 e. The molecular weight excluding hydrogens is 326 g/mol. The summed E-state index contributed by atoms with van der Waals surface area (Å²) in [6, 6.07) is 29.9. The van der Waals surface area contributed by atoms with E-state index in [1.54, 1.807) is 0 Å². The summed E-state index contributed by atoms with van der Waals surface area (Å²) >= 11 is 0. The van der Waals surface area contributed by atoms with Gasteiger partial charge in [-0.1, -0.05) is 99.6 Å².